The number of hydrogen-bond acceptors (Lipinski definition) is 2. The monoisotopic (exact) mass is 255 g/mol. The van der Waals surface area contributed by atoms with E-state index in [9.17, 15) is 4.79 Å². The summed E-state index contributed by atoms with van der Waals surface area (Å²) in [6.07, 6.45) is 7.18. The molecule has 19 heavy (non-hydrogen) atoms. The number of carbonyl (C=O) groups is 1. The van der Waals surface area contributed by atoms with Crippen molar-refractivity contribution in [2.75, 3.05) is 0 Å². The molecule has 1 aliphatic rings. The summed E-state index contributed by atoms with van der Waals surface area (Å²) in [5.74, 6) is 0.167. The molecule has 0 aliphatic heterocycles. The van der Waals surface area contributed by atoms with Crippen LogP contribution >= 0.6 is 0 Å². The third kappa shape index (κ3) is 3.40. The van der Waals surface area contributed by atoms with Gasteiger partial charge in [-0.3, -0.25) is 4.98 Å². The number of rotatable bonds is 0. The molecular weight excluding hydrogens is 234 g/mol. The Kier molecular flexibility index (Phi) is 4.31. The number of carbonyl (C=O) groups excluding carboxylic acids is 1. The van der Waals surface area contributed by atoms with Crippen LogP contribution in [0.4, 0.5) is 0 Å². The van der Waals surface area contributed by atoms with E-state index in [1.165, 1.54) is 56.0 Å². The van der Waals surface area contributed by atoms with Gasteiger partial charge < -0.3 is 4.79 Å². The first-order valence-corrected chi connectivity index (χ1v) is 6.92. The third-order valence-electron chi connectivity index (χ3n) is 3.35. The zero-order chi connectivity index (χ0) is 13.8. The molecule has 0 atom stereocenters. The van der Waals surface area contributed by atoms with E-state index in [2.05, 4.69) is 36.3 Å². The van der Waals surface area contributed by atoms with Crippen molar-refractivity contribution in [3.63, 3.8) is 0 Å². The van der Waals surface area contributed by atoms with E-state index in [-0.39, 0.29) is 5.78 Å². The number of benzene rings is 1. The second-order valence-electron chi connectivity index (χ2n) is 5.40. The summed E-state index contributed by atoms with van der Waals surface area (Å²) in [5, 5.41) is 1.38. The summed E-state index contributed by atoms with van der Waals surface area (Å²) in [5.41, 5.74) is 5.51. The highest BCUT2D eigenvalue weighted by atomic mass is 16.1. The summed E-state index contributed by atoms with van der Waals surface area (Å²) in [7, 11) is 0. The van der Waals surface area contributed by atoms with Gasteiger partial charge in [0.2, 0.25) is 0 Å². The molecule has 0 fully saturated rings. The second kappa shape index (κ2) is 5.96. The Balaban J connectivity index is 0.000000297. The van der Waals surface area contributed by atoms with Crippen molar-refractivity contribution in [2.45, 2.75) is 46.5 Å². The molecular formula is C17H21NO. The molecule has 3 rings (SSSR count). The first-order chi connectivity index (χ1) is 9.08. The Bertz CT molecular complexity index is 597. The van der Waals surface area contributed by atoms with Gasteiger partial charge >= 0.3 is 0 Å². The fourth-order valence-electron chi connectivity index (χ4n) is 2.53. The van der Waals surface area contributed by atoms with Gasteiger partial charge in [-0.15, -0.1) is 0 Å². The molecule has 0 radical (unpaired) electrons. The van der Waals surface area contributed by atoms with Crippen LogP contribution in [0.15, 0.2) is 24.4 Å². The molecule has 0 spiro atoms. The number of aromatic nitrogens is 1. The minimum Gasteiger partial charge on any atom is -0.300 e. The fraction of sp³-hybridized carbons (Fsp3) is 0.412. The molecule has 100 valence electrons. The summed E-state index contributed by atoms with van der Waals surface area (Å²) in [6.45, 7) is 5.21. The van der Waals surface area contributed by atoms with E-state index in [1.54, 1.807) is 5.56 Å². The molecule has 2 heteroatoms. The second-order valence-corrected chi connectivity index (χ2v) is 5.40. The molecule has 0 amide bonds. The number of hydrogen-bond donors (Lipinski definition) is 0. The normalized spacial score (nSPS) is 13.4. The Hall–Kier alpha value is -1.70. The van der Waals surface area contributed by atoms with E-state index in [4.69, 9.17) is 0 Å². The van der Waals surface area contributed by atoms with E-state index in [0.717, 1.165) is 5.52 Å². The first-order valence-electron chi connectivity index (χ1n) is 6.92. The molecule has 1 heterocycles. The topological polar surface area (TPSA) is 30.0 Å². The van der Waals surface area contributed by atoms with Crippen LogP contribution < -0.4 is 0 Å². The van der Waals surface area contributed by atoms with Gasteiger partial charge in [-0.1, -0.05) is 11.6 Å². The minimum atomic E-state index is 0.167. The van der Waals surface area contributed by atoms with Gasteiger partial charge in [0, 0.05) is 11.6 Å². The van der Waals surface area contributed by atoms with Crippen LogP contribution in [0.5, 0.6) is 0 Å². The largest absolute Gasteiger partial charge is 0.300 e. The van der Waals surface area contributed by atoms with Gasteiger partial charge in [-0.05, 0) is 69.7 Å². The van der Waals surface area contributed by atoms with Crippen LogP contribution in [0.1, 0.15) is 43.4 Å². The average molecular weight is 255 g/mol. The highest BCUT2D eigenvalue weighted by Gasteiger charge is 2.12. The van der Waals surface area contributed by atoms with Crippen molar-refractivity contribution in [1.29, 1.82) is 0 Å². The highest BCUT2D eigenvalue weighted by molar-refractivity contribution is 5.84. The number of pyridine rings is 1. The van der Waals surface area contributed by atoms with E-state index >= 15 is 0 Å². The quantitative estimate of drug-likeness (QED) is 0.711. The zero-order valence-electron chi connectivity index (χ0n) is 12.0. The molecule has 0 saturated heterocycles. The minimum absolute atomic E-state index is 0.167. The van der Waals surface area contributed by atoms with Crippen molar-refractivity contribution in [3.8, 4) is 0 Å². The molecule has 0 unspecified atom stereocenters. The maximum atomic E-state index is 9.44. The molecule has 0 N–H and O–H groups in total. The number of fused-ring (bicyclic) bond motifs is 3. The third-order valence-corrected chi connectivity index (χ3v) is 3.35. The van der Waals surface area contributed by atoms with Crippen LogP contribution in [-0.2, 0) is 17.6 Å². The molecule has 1 aliphatic carbocycles. The van der Waals surface area contributed by atoms with E-state index < -0.39 is 0 Å². The Morgan fingerprint density at radius 3 is 2.58 bits per heavy atom. The Labute approximate surface area is 114 Å². The SMILES string of the molecule is CC(C)=O.Cc1ccc2ncc3c(c2c1)CCCC3. The lowest BCUT2D eigenvalue weighted by Crippen LogP contribution is -2.04. The van der Waals surface area contributed by atoms with Gasteiger partial charge in [0.05, 0.1) is 5.52 Å². The number of nitrogens with zero attached hydrogens (tertiary/aromatic N) is 1. The van der Waals surface area contributed by atoms with Crippen molar-refractivity contribution in [1.82, 2.24) is 4.98 Å². The predicted molar refractivity (Wildman–Crippen MR) is 79.5 cm³/mol. The average Bonchev–Trinajstić information content (AvgIpc) is 2.38. The van der Waals surface area contributed by atoms with E-state index in [0.29, 0.717) is 0 Å². The number of aryl methyl sites for hydroxylation is 3. The van der Waals surface area contributed by atoms with Crippen molar-refractivity contribution in [3.05, 3.63) is 41.1 Å². The summed E-state index contributed by atoms with van der Waals surface area (Å²) >= 11 is 0. The standard InChI is InChI=1S/C14H15N.C3H6O/c1-10-6-7-14-13(8-10)12-5-3-2-4-11(12)9-15-14;1-3(2)4/h6-9H,2-5H2,1H3;1-2H3. The van der Waals surface area contributed by atoms with Gasteiger partial charge in [-0.25, -0.2) is 0 Å². The van der Waals surface area contributed by atoms with Gasteiger partial charge in [0.15, 0.2) is 0 Å². The lowest BCUT2D eigenvalue weighted by Gasteiger charge is -2.17. The molecule has 0 saturated carbocycles. The molecule has 2 nitrogen and oxygen atoms in total. The highest BCUT2D eigenvalue weighted by Crippen LogP contribution is 2.27. The number of ketones is 1. The van der Waals surface area contributed by atoms with Crippen LogP contribution in [-0.4, -0.2) is 10.8 Å². The maximum absolute atomic E-state index is 9.44. The van der Waals surface area contributed by atoms with Crippen LogP contribution in [0, 0.1) is 6.92 Å². The van der Waals surface area contributed by atoms with E-state index in [1.807, 2.05) is 0 Å². The van der Waals surface area contributed by atoms with Gasteiger partial charge in [0.25, 0.3) is 0 Å². The smallest absolute Gasteiger partial charge is 0.126 e. The van der Waals surface area contributed by atoms with Gasteiger partial charge in [0.1, 0.15) is 5.78 Å². The molecule has 0 bridgehead atoms. The van der Waals surface area contributed by atoms with Crippen molar-refractivity contribution < 1.29 is 4.79 Å². The van der Waals surface area contributed by atoms with Crippen molar-refractivity contribution >= 4 is 16.7 Å². The zero-order valence-corrected chi connectivity index (χ0v) is 12.0. The molecule has 2 aromatic rings. The predicted octanol–water partition coefficient (Wildman–Crippen LogP) is 4.02. The molecule has 1 aromatic heterocycles. The first kappa shape index (κ1) is 13.7. The summed E-state index contributed by atoms with van der Waals surface area (Å²) in [4.78, 5) is 14.0. The van der Waals surface area contributed by atoms with Crippen LogP contribution in [0.3, 0.4) is 0 Å². The maximum Gasteiger partial charge on any atom is 0.126 e. The van der Waals surface area contributed by atoms with Crippen LogP contribution in [0.25, 0.3) is 10.9 Å². The van der Waals surface area contributed by atoms with Crippen molar-refractivity contribution in [2.24, 2.45) is 0 Å². The Morgan fingerprint density at radius 2 is 1.84 bits per heavy atom. The lowest BCUT2D eigenvalue weighted by atomic mass is 9.90. The lowest BCUT2D eigenvalue weighted by molar-refractivity contribution is -0.114. The number of Topliss-reactive ketones (excluding diaryl/α,β-unsaturated/α-hetero) is 1. The van der Waals surface area contributed by atoms with Crippen LogP contribution in [0.2, 0.25) is 0 Å². The Morgan fingerprint density at radius 1 is 1.16 bits per heavy atom. The summed E-state index contributed by atoms with van der Waals surface area (Å²) < 4.78 is 0. The summed E-state index contributed by atoms with van der Waals surface area (Å²) in [6, 6.07) is 6.57. The van der Waals surface area contributed by atoms with Gasteiger partial charge in [-0.2, -0.15) is 0 Å². The fourth-order valence-corrected chi connectivity index (χ4v) is 2.53. The molecule has 1 aromatic carbocycles.